The van der Waals surface area contributed by atoms with Crippen molar-refractivity contribution in [2.75, 3.05) is 19.6 Å². The van der Waals surface area contributed by atoms with Crippen LogP contribution in [0.4, 0.5) is 0 Å². The van der Waals surface area contributed by atoms with Crippen LogP contribution in [0.3, 0.4) is 0 Å². The van der Waals surface area contributed by atoms with Gasteiger partial charge in [-0.1, -0.05) is 36.4 Å². The number of fused-ring (bicyclic) bond motifs is 1. The number of alkyl halides is 1. The Labute approximate surface area is 123 Å². The third-order valence-electron chi connectivity index (χ3n) is 3.19. The standard InChI is InChI=1S/C16H18ClNO2/c1-20-11-13(9-10-17)18-16(19)15-8-4-6-12-5-2-3-7-14(12)15/h2-8,13H,9-11H2,1H3,(H,18,19). The van der Waals surface area contributed by atoms with E-state index in [-0.39, 0.29) is 11.9 Å². The van der Waals surface area contributed by atoms with Crippen LogP contribution in [0.1, 0.15) is 16.8 Å². The van der Waals surface area contributed by atoms with Crippen molar-refractivity contribution < 1.29 is 9.53 Å². The quantitative estimate of drug-likeness (QED) is 0.830. The molecule has 0 heterocycles. The fraction of sp³-hybridized carbons (Fsp3) is 0.312. The van der Waals surface area contributed by atoms with Crippen molar-refractivity contribution in [1.82, 2.24) is 5.32 Å². The molecule has 1 N–H and O–H groups in total. The van der Waals surface area contributed by atoms with Crippen molar-refractivity contribution in [3.05, 3.63) is 48.0 Å². The average molecular weight is 292 g/mol. The molecule has 0 fully saturated rings. The topological polar surface area (TPSA) is 38.3 Å². The lowest BCUT2D eigenvalue weighted by Crippen LogP contribution is -2.38. The first-order valence-electron chi connectivity index (χ1n) is 6.59. The average Bonchev–Trinajstić information content (AvgIpc) is 2.47. The van der Waals surface area contributed by atoms with Crippen LogP contribution in [0.5, 0.6) is 0 Å². The van der Waals surface area contributed by atoms with E-state index in [1.807, 2.05) is 42.5 Å². The molecule has 0 aliphatic carbocycles. The third kappa shape index (κ3) is 3.50. The largest absolute Gasteiger partial charge is 0.383 e. The molecule has 0 saturated heterocycles. The summed E-state index contributed by atoms with van der Waals surface area (Å²) < 4.78 is 5.11. The van der Waals surface area contributed by atoms with Crippen molar-refractivity contribution >= 4 is 28.3 Å². The first kappa shape index (κ1) is 14.8. The molecule has 2 aromatic carbocycles. The monoisotopic (exact) mass is 291 g/mol. The van der Waals surface area contributed by atoms with Gasteiger partial charge in [0.2, 0.25) is 0 Å². The minimum absolute atomic E-state index is 0.0658. The first-order valence-corrected chi connectivity index (χ1v) is 7.13. The second kappa shape index (κ2) is 7.27. The second-order valence-electron chi connectivity index (χ2n) is 4.63. The van der Waals surface area contributed by atoms with E-state index in [0.29, 0.717) is 24.5 Å². The smallest absolute Gasteiger partial charge is 0.252 e. The van der Waals surface area contributed by atoms with Crippen LogP contribution >= 0.6 is 11.6 Å². The van der Waals surface area contributed by atoms with Gasteiger partial charge in [0, 0.05) is 18.6 Å². The number of ether oxygens (including phenoxy) is 1. The molecule has 2 rings (SSSR count). The number of halogens is 1. The highest BCUT2D eigenvalue weighted by molar-refractivity contribution is 6.17. The van der Waals surface area contributed by atoms with Gasteiger partial charge in [0.1, 0.15) is 0 Å². The molecule has 1 atom stereocenters. The summed E-state index contributed by atoms with van der Waals surface area (Å²) in [5.74, 6) is 0.401. The molecule has 0 aliphatic rings. The molecule has 20 heavy (non-hydrogen) atoms. The van der Waals surface area contributed by atoms with Gasteiger partial charge in [0.15, 0.2) is 0 Å². The Morgan fingerprint density at radius 3 is 2.75 bits per heavy atom. The van der Waals surface area contributed by atoms with Gasteiger partial charge in [-0.15, -0.1) is 11.6 Å². The molecule has 2 aromatic rings. The predicted octanol–water partition coefficient (Wildman–Crippen LogP) is 3.21. The summed E-state index contributed by atoms with van der Waals surface area (Å²) in [6.45, 7) is 0.462. The maximum Gasteiger partial charge on any atom is 0.252 e. The van der Waals surface area contributed by atoms with Gasteiger partial charge in [0.25, 0.3) is 5.91 Å². The second-order valence-corrected chi connectivity index (χ2v) is 5.01. The normalized spacial score (nSPS) is 12.3. The van der Waals surface area contributed by atoms with E-state index < -0.39 is 0 Å². The maximum absolute atomic E-state index is 12.4. The summed E-state index contributed by atoms with van der Waals surface area (Å²) in [7, 11) is 1.62. The third-order valence-corrected chi connectivity index (χ3v) is 3.41. The summed E-state index contributed by atoms with van der Waals surface area (Å²) in [6.07, 6.45) is 0.686. The van der Waals surface area contributed by atoms with Gasteiger partial charge in [0.05, 0.1) is 12.6 Å². The van der Waals surface area contributed by atoms with E-state index >= 15 is 0 Å². The molecular formula is C16H18ClNO2. The van der Waals surface area contributed by atoms with Crippen LogP contribution in [0.25, 0.3) is 10.8 Å². The molecule has 4 heteroatoms. The van der Waals surface area contributed by atoms with Crippen LogP contribution < -0.4 is 5.32 Å². The number of carbonyl (C=O) groups excluding carboxylic acids is 1. The number of benzene rings is 2. The summed E-state index contributed by atoms with van der Waals surface area (Å²) in [5, 5.41) is 4.99. The molecule has 0 spiro atoms. The van der Waals surface area contributed by atoms with E-state index in [9.17, 15) is 4.79 Å². The Hall–Kier alpha value is -1.58. The van der Waals surface area contributed by atoms with E-state index in [0.717, 1.165) is 10.8 Å². The Kier molecular flexibility index (Phi) is 5.39. The highest BCUT2D eigenvalue weighted by Gasteiger charge is 2.15. The Morgan fingerprint density at radius 2 is 2.00 bits per heavy atom. The number of amides is 1. The summed E-state index contributed by atoms with van der Waals surface area (Å²) in [5.41, 5.74) is 0.679. The molecule has 0 aliphatic heterocycles. The van der Waals surface area contributed by atoms with Gasteiger partial charge in [-0.3, -0.25) is 4.79 Å². The van der Waals surface area contributed by atoms with E-state index in [2.05, 4.69) is 5.32 Å². The van der Waals surface area contributed by atoms with Gasteiger partial charge in [-0.25, -0.2) is 0 Å². The lowest BCUT2D eigenvalue weighted by Gasteiger charge is -2.17. The molecule has 1 amide bonds. The predicted molar refractivity (Wildman–Crippen MR) is 82.4 cm³/mol. The van der Waals surface area contributed by atoms with Crippen LogP contribution in [0.2, 0.25) is 0 Å². The lowest BCUT2D eigenvalue weighted by atomic mass is 10.0. The number of methoxy groups -OCH3 is 1. The van der Waals surface area contributed by atoms with Crippen LogP contribution in [-0.2, 0) is 4.74 Å². The van der Waals surface area contributed by atoms with E-state index in [1.165, 1.54) is 0 Å². The van der Waals surface area contributed by atoms with E-state index in [4.69, 9.17) is 16.3 Å². The maximum atomic E-state index is 12.4. The number of carbonyl (C=O) groups is 1. The highest BCUT2D eigenvalue weighted by atomic mass is 35.5. The summed E-state index contributed by atoms with van der Waals surface area (Å²) >= 11 is 5.75. The molecule has 0 saturated carbocycles. The molecule has 106 valence electrons. The van der Waals surface area contributed by atoms with Crippen molar-refractivity contribution in [3.8, 4) is 0 Å². The zero-order chi connectivity index (χ0) is 14.4. The molecule has 0 radical (unpaired) electrons. The Bertz CT molecular complexity index is 574. The number of nitrogens with one attached hydrogen (secondary N) is 1. The first-order chi connectivity index (χ1) is 9.76. The minimum atomic E-state index is -0.0889. The van der Waals surface area contributed by atoms with Crippen LogP contribution in [0.15, 0.2) is 42.5 Å². The summed E-state index contributed by atoms with van der Waals surface area (Å²) in [6, 6.07) is 13.5. The fourth-order valence-electron chi connectivity index (χ4n) is 2.22. The minimum Gasteiger partial charge on any atom is -0.383 e. The molecule has 3 nitrogen and oxygen atoms in total. The number of rotatable bonds is 6. The van der Waals surface area contributed by atoms with Crippen molar-refractivity contribution in [1.29, 1.82) is 0 Å². The van der Waals surface area contributed by atoms with E-state index in [1.54, 1.807) is 7.11 Å². The van der Waals surface area contributed by atoms with Crippen molar-refractivity contribution in [2.24, 2.45) is 0 Å². The Balaban J connectivity index is 2.22. The van der Waals surface area contributed by atoms with Gasteiger partial charge in [-0.2, -0.15) is 0 Å². The molecular weight excluding hydrogens is 274 g/mol. The van der Waals surface area contributed by atoms with Gasteiger partial charge in [-0.05, 0) is 23.3 Å². The lowest BCUT2D eigenvalue weighted by molar-refractivity contribution is 0.0897. The highest BCUT2D eigenvalue weighted by Crippen LogP contribution is 2.18. The van der Waals surface area contributed by atoms with Crippen molar-refractivity contribution in [2.45, 2.75) is 12.5 Å². The van der Waals surface area contributed by atoms with Gasteiger partial charge < -0.3 is 10.1 Å². The number of hydrogen-bond donors (Lipinski definition) is 1. The molecule has 1 unspecified atom stereocenters. The zero-order valence-corrected chi connectivity index (χ0v) is 12.2. The van der Waals surface area contributed by atoms with Crippen LogP contribution in [0, 0.1) is 0 Å². The molecule has 0 bridgehead atoms. The molecule has 0 aromatic heterocycles. The van der Waals surface area contributed by atoms with Gasteiger partial charge >= 0.3 is 0 Å². The zero-order valence-electron chi connectivity index (χ0n) is 11.4. The Morgan fingerprint density at radius 1 is 1.25 bits per heavy atom. The summed E-state index contributed by atoms with van der Waals surface area (Å²) in [4.78, 5) is 12.4. The SMILES string of the molecule is COCC(CCCl)NC(=O)c1cccc2ccccc12. The van der Waals surface area contributed by atoms with Crippen molar-refractivity contribution in [3.63, 3.8) is 0 Å². The fourth-order valence-corrected chi connectivity index (χ4v) is 2.48. The number of hydrogen-bond acceptors (Lipinski definition) is 2. The van der Waals surface area contributed by atoms with Crippen LogP contribution in [-0.4, -0.2) is 31.5 Å².